The number of hydrogen-bond donors (Lipinski definition) is 0. The van der Waals surface area contributed by atoms with Gasteiger partial charge in [0.15, 0.2) is 0 Å². The predicted octanol–water partition coefficient (Wildman–Crippen LogP) is 3.83. The zero-order valence-corrected chi connectivity index (χ0v) is 20.8. The van der Waals surface area contributed by atoms with Crippen LogP contribution in [-0.4, -0.2) is 56.1 Å². The first-order valence-corrected chi connectivity index (χ1v) is 13.4. The normalized spacial score (nSPS) is 28.8. The molecule has 0 aromatic carbocycles. The Morgan fingerprint density at radius 2 is 1.92 bits per heavy atom. The molecule has 37 heavy (non-hydrogen) atoms. The van der Waals surface area contributed by atoms with E-state index in [9.17, 15) is 22.8 Å². The third kappa shape index (κ3) is 4.36. The molecule has 198 valence electrons. The minimum atomic E-state index is -4.44. The van der Waals surface area contributed by atoms with Gasteiger partial charge >= 0.3 is 6.18 Å². The molecule has 4 aliphatic rings. The number of nitrogens with zero attached hydrogens (tertiary/aromatic N) is 5. The summed E-state index contributed by atoms with van der Waals surface area (Å²) in [5.74, 6) is 0.442. The lowest BCUT2D eigenvalue weighted by Gasteiger charge is -2.39. The van der Waals surface area contributed by atoms with Crippen LogP contribution in [0.2, 0.25) is 0 Å². The van der Waals surface area contributed by atoms with Gasteiger partial charge in [0.1, 0.15) is 0 Å². The van der Waals surface area contributed by atoms with Crippen LogP contribution >= 0.6 is 0 Å². The van der Waals surface area contributed by atoms with E-state index in [4.69, 9.17) is 0 Å². The summed E-state index contributed by atoms with van der Waals surface area (Å²) in [6, 6.07) is 4.80. The van der Waals surface area contributed by atoms with Crippen LogP contribution in [0.15, 0.2) is 35.4 Å². The van der Waals surface area contributed by atoms with Gasteiger partial charge in [-0.2, -0.15) is 18.3 Å². The number of alkyl halides is 3. The molecule has 1 amide bonds. The Bertz CT molecular complexity index is 1240. The Morgan fingerprint density at radius 1 is 1.11 bits per heavy atom. The highest BCUT2D eigenvalue weighted by Gasteiger charge is 2.57. The molecule has 2 aromatic heterocycles. The monoisotopic (exact) mass is 515 g/mol. The van der Waals surface area contributed by atoms with Crippen molar-refractivity contribution in [1.82, 2.24) is 24.6 Å². The lowest BCUT2D eigenvalue weighted by molar-refractivity contribution is -0.144. The molecule has 6 rings (SSSR count). The summed E-state index contributed by atoms with van der Waals surface area (Å²) in [4.78, 5) is 34.5. The molecule has 3 fully saturated rings. The number of piperidine rings is 1. The first kappa shape index (κ1) is 24.6. The van der Waals surface area contributed by atoms with Crippen LogP contribution in [0.25, 0.3) is 0 Å². The molecule has 3 atom stereocenters. The second-order valence-corrected chi connectivity index (χ2v) is 11.2. The molecule has 7 nitrogen and oxygen atoms in total. The van der Waals surface area contributed by atoms with Gasteiger partial charge in [0.2, 0.25) is 5.91 Å². The molecule has 10 heteroatoms. The van der Waals surface area contributed by atoms with Gasteiger partial charge in [-0.15, -0.1) is 0 Å². The third-order valence-electron chi connectivity index (χ3n) is 9.30. The average Bonchev–Trinajstić information content (AvgIpc) is 3.46. The van der Waals surface area contributed by atoms with Crippen molar-refractivity contribution in [2.75, 3.05) is 19.6 Å². The van der Waals surface area contributed by atoms with Crippen LogP contribution in [0.4, 0.5) is 13.2 Å². The van der Waals surface area contributed by atoms with Crippen molar-refractivity contribution in [3.8, 4) is 0 Å². The molecule has 1 saturated heterocycles. The summed E-state index contributed by atoms with van der Waals surface area (Å²) < 4.78 is 41.3. The van der Waals surface area contributed by atoms with Crippen LogP contribution in [0.3, 0.4) is 0 Å². The largest absolute Gasteiger partial charge is 0.417 e. The third-order valence-corrected chi connectivity index (χ3v) is 9.30. The van der Waals surface area contributed by atoms with E-state index in [1.807, 2.05) is 0 Å². The first-order chi connectivity index (χ1) is 17.7. The van der Waals surface area contributed by atoms with E-state index >= 15 is 0 Å². The number of amides is 1. The minimum Gasteiger partial charge on any atom is -0.337 e. The van der Waals surface area contributed by atoms with Gasteiger partial charge in [0.25, 0.3) is 5.56 Å². The SMILES string of the molecule is O=C(N1CCc2ncc(C(F)(F)F)cc2C1)[C@@]12CCC[C@@H]1C[C@H](N1CCC(n3ncccc3=O)CC1)C2. The Kier molecular flexibility index (Phi) is 6.12. The summed E-state index contributed by atoms with van der Waals surface area (Å²) in [5.41, 5.74) is -0.0544. The highest BCUT2D eigenvalue weighted by atomic mass is 19.4. The quantitative estimate of drug-likeness (QED) is 0.622. The van der Waals surface area contributed by atoms with Crippen molar-refractivity contribution >= 4 is 5.91 Å². The molecule has 0 unspecified atom stereocenters. The van der Waals surface area contributed by atoms with Crippen LogP contribution in [0.5, 0.6) is 0 Å². The van der Waals surface area contributed by atoms with Gasteiger partial charge in [-0.05, 0) is 62.1 Å². The van der Waals surface area contributed by atoms with E-state index in [2.05, 4.69) is 15.0 Å². The first-order valence-electron chi connectivity index (χ1n) is 13.4. The Hall–Kier alpha value is -2.75. The fourth-order valence-corrected chi connectivity index (χ4v) is 7.44. The topological polar surface area (TPSA) is 71.3 Å². The number of halogens is 3. The number of hydrogen-bond acceptors (Lipinski definition) is 5. The molecular weight excluding hydrogens is 483 g/mol. The highest BCUT2D eigenvalue weighted by Crippen LogP contribution is 2.56. The Balaban J connectivity index is 1.15. The summed E-state index contributed by atoms with van der Waals surface area (Å²) in [5, 5.41) is 4.26. The minimum absolute atomic E-state index is 0.0680. The molecule has 0 bridgehead atoms. The van der Waals surface area contributed by atoms with E-state index in [-0.39, 0.29) is 24.1 Å². The van der Waals surface area contributed by atoms with E-state index < -0.39 is 17.2 Å². The van der Waals surface area contributed by atoms with Crippen molar-refractivity contribution in [3.05, 3.63) is 57.8 Å². The fourth-order valence-electron chi connectivity index (χ4n) is 7.44. The molecule has 0 spiro atoms. The van der Waals surface area contributed by atoms with Crippen LogP contribution < -0.4 is 5.56 Å². The zero-order chi connectivity index (χ0) is 25.8. The second-order valence-electron chi connectivity index (χ2n) is 11.2. The molecule has 2 aliphatic carbocycles. The van der Waals surface area contributed by atoms with Crippen molar-refractivity contribution in [2.24, 2.45) is 11.3 Å². The summed E-state index contributed by atoms with van der Waals surface area (Å²) >= 11 is 0. The second kappa shape index (κ2) is 9.22. The Morgan fingerprint density at radius 3 is 2.68 bits per heavy atom. The summed E-state index contributed by atoms with van der Waals surface area (Å²) in [6.07, 6.45) is 5.04. The molecular formula is C27H32F3N5O2. The maximum Gasteiger partial charge on any atom is 0.417 e. The molecule has 0 N–H and O–H groups in total. The number of pyridine rings is 1. The van der Waals surface area contributed by atoms with Gasteiger partial charge in [-0.1, -0.05) is 6.42 Å². The molecule has 2 aliphatic heterocycles. The zero-order valence-electron chi connectivity index (χ0n) is 20.8. The highest BCUT2D eigenvalue weighted by molar-refractivity contribution is 5.84. The van der Waals surface area contributed by atoms with Crippen LogP contribution in [0, 0.1) is 11.3 Å². The van der Waals surface area contributed by atoms with Crippen molar-refractivity contribution in [2.45, 2.75) is 76.2 Å². The van der Waals surface area contributed by atoms with Gasteiger partial charge in [-0.25, -0.2) is 4.68 Å². The number of aromatic nitrogens is 3. The molecule has 0 radical (unpaired) electrons. The smallest absolute Gasteiger partial charge is 0.337 e. The molecule has 2 aromatic rings. The van der Waals surface area contributed by atoms with Crippen LogP contribution in [0.1, 0.15) is 67.8 Å². The maximum absolute atomic E-state index is 14.0. The van der Waals surface area contributed by atoms with Gasteiger partial charge in [0.05, 0.1) is 17.0 Å². The number of rotatable bonds is 3. The van der Waals surface area contributed by atoms with Gasteiger partial charge < -0.3 is 9.80 Å². The number of fused-ring (bicyclic) bond motifs is 2. The summed E-state index contributed by atoms with van der Waals surface area (Å²) in [6.45, 7) is 2.46. The lowest BCUT2D eigenvalue weighted by atomic mass is 9.78. The van der Waals surface area contributed by atoms with Gasteiger partial charge in [0, 0.05) is 62.8 Å². The van der Waals surface area contributed by atoms with E-state index in [0.29, 0.717) is 36.2 Å². The summed E-state index contributed by atoms with van der Waals surface area (Å²) in [7, 11) is 0. The standard InChI is InChI=1S/C27H32F3N5O2/c28-27(29,30)20-13-18-17-34(12-7-23(18)31-16-20)25(37)26-8-1-3-19(26)14-22(15-26)33-10-5-21(6-11-33)35-24(36)4-2-9-32-35/h2,4,9,13,16,19,21-22H,1,3,5-8,10-12,14-15,17H2/t19-,22+,26-/m1/s1. The van der Waals surface area contributed by atoms with Crippen molar-refractivity contribution in [1.29, 1.82) is 0 Å². The Labute approximate surface area is 213 Å². The number of carbonyl (C=O) groups excluding carboxylic acids is 1. The van der Waals surface area contributed by atoms with Gasteiger partial charge in [-0.3, -0.25) is 14.6 Å². The predicted molar refractivity (Wildman–Crippen MR) is 129 cm³/mol. The fraction of sp³-hybridized carbons (Fsp3) is 0.630. The van der Waals surface area contributed by atoms with E-state index in [1.165, 1.54) is 6.07 Å². The van der Waals surface area contributed by atoms with Crippen molar-refractivity contribution in [3.63, 3.8) is 0 Å². The molecule has 2 saturated carbocycles. The average molecular weight is 516 g/mol. The van der Waals surface area contributed by atoms with E-state index in [0.717, 1.165) is 64.2 Å². The van der Waals surface area contributed by atoms with E-state index in [1.54, 1.807) is 27.9 Å². The van der Waals surface area contributed by atoms with Crippen LogP contribution in [-0.2, 0) is 23.9 Å². The number of carbonyl (C=O) groups is 1. The maximum atomic E-state index is 14.0. The lowest BCUT2D eigenvalue weighted by Crippen LogP contribution is -2.47. The molecule has 4 heterocycles. The van der Waals surface area contributed by atoms with Crippen molar-refractivity contribution < 1.29 is 18.0 Å². The number of likely N-dealkylation sites (tertiary alicyclic amines) is 1.